The van der Waals surface area contributed by atoms with Crippen molar-refractivity contribution in [3.63, 3.8) is 0 Å². The number of methoxy groups -OCH3 is 1. The van der Waals surface area contributed by atoms with Crippen LogP contribution >= 0.6 is 0 Å². The molecule has 0 heterocycles. The zero-order chi connectivity index (χ0) is 14.4. The third-order valence-electron chi connectivity index (χ3n) is 3.91. The van der Waals surface area contributed by atoms with E-state index in [0.29, 0.717) is 5.92 Å². The van der Waals surface area contributed by atoms with Crippen molar-refractivity contribution in [2.75, 3.05) is 7.11 Å². The molecular formula is C17H28O2. The number of unbranched alkanes of at least 4 members (excludes halogenated alkanes) is 1. The maximum Gasteiger partial charge on any atom is 0.125 e. The molecule has 1 aromatic carbocycles. The Morgan fingerprint density at radius 1 is 1.21 bits per heavy atom. The summed E-state index contributed by atoms with van der Waals surface area (Å²) in [5.74, 6) is 1.13. The van der Waals surface area contributed by atoms with Crippen molar-refractivity contribution < 1.29 is 9.84 Å². The van der Waals surface area contributed by atoms with Gasteiger partial charge in [-0.3, -0.25) is 0 Å². The van der Waals surface area contributed by atoms with Gasteiger partial charge in [0.2, 0.25) is 0 Å². The van der Waals surface area contributed by atoms with E-state index in [2.05, 4.69) is 33.8 Å². The predicted molar refractivity (Wildman–Crippen MR) is 80.7 cm³/mol. The first kappa shape index (κ1) is 16.0. The molecule has 0 bridgehead atoms. The normalized spacial score (nSPS) is 14.2. The molecule has 2 nitrogen and oxygen atoms in total. The summed E-state index contributed by atoms with van der Waals surface area (Å²) < 4.78 is 5.47. The fraction of sp³-hybridized carbons (Fsp3) is 0.647. The minimum Gasteiger partial charge on any atom is -0.496 e. The number of hydrogen-bond donors (Lipinski definition) is 1. The average Bonchev–Trinajstić information content (AvgIpc) is 2.38. The van der Waals surface area contributed by atoms with E-state index in [0.717, 1.165) is 29.7 Å². The Hall–Kier alpha value is -1.02. The van der Waals surface area contributed by atoms with E-state index in [4.69, 9.17) is 4.74 Å². The second-order valence-electron chi connectivity index (χ2n) is 5.45. The quantitative estimate of drug-likeness (QED) is 0.782. The largest absolute Gasteiger partial charge is 0.496 e. The van der Waals surface area contributed by atoms with E-state index in [-0.39, 0.29) is 0 Å². The first-order chi connectivity index (χ1) is 9.04. The van der Waals surface area contributed by atoms with Gasteiger partial charge in [0.1, 0.15) is 5.75 Å². The lowest BCUT2D eigenvalue weighted by molar-refractivity contribution is 0.0956. The van der Waals surface area contributed by atoms with Crippen molar-refractivity contribution in [2.24, 2.45) is 5.92 Å². The molecule has 1 aromatic rings. The molecule has 0 saturated heterocycles. The van der Waals surface area contributed by atoms with Gasteiger partial charge in [-0.25, -0.2) is 0 Å². The SMILES string of the molecule is CCCCC(CC)C(O)c1c(C)cc(C)cc1OC. The summed E-state index contributed by atoms with van der Waals surface area (Å²) in [7, 11) is 1.68. The highest BCUT2D eigenvalue weighted by Gasteiger charge is 2.24. The van der Waals surface area contributed by atoms with Crippen LogP contribution in [0.25, 0.3) is 0 Å². The number of aryl methyl sites for hydroxylation is 2. The molecule has 0 amide bonds. The Labute approximate surface area is 117 Å². The van der Waals surface area contributed by atoms with Crippen LogP contribution in [0, 0.1) is 19.8 Å². The van der Waals surface area contributed by atoms with E-state index < -0.39 is 6.10 Å². The third kappa shape index (κ3) is 3.97. The summed E-state index contributed by atoms with van der Waals surface area (Å²) in [5, 5.41) is 10.7. The number of hydrogen-bond acceptors (Lipinski definition) is 2. The molecule has 108 valence electrons. The summed E-state index contributed by atoms with van der Waals surface area (Å²) in [5.41, 5.74) is 3.27. The van der Waals surface area contributed by atoms with Gasteiger partial charge in [-0.1, -0.05) is 39.2 Å². The highest BCUT2D eigenvalue weighted by Crippen LogP contribution is 2.37. The molecule has 0 aliphatic carbocycles. The van der Waals surface area contributed by atoms with Crippen LogP contribution in [0.4, 0.5) is 0 Å². The zero-order valence-electron chi connectivity index (χ0n) is 13.0. The maximum absolute atomic E-state index is 10.7. The molecule has 1 rings (SSSR count). The Balaban J connectivity index is 3.05. The fourth-order valence-corrected chi connectivity index (χ4v) is 2.77. The first-order valence-corrected chi connectivity index (χ1v) is 7.38. The van der Waals surface area contributed by atoms with Crippen molar-refractivity contribution in [3.8, 4) is 5.75 Å². The minimum absolute atomic E-state index is 0.315. The molecule has 2 atom stereocenters. The average molecular weight is 264 g/mol. The Morgan fingerprint density at radius 3 is 2.42 bits per heavy atom. The van der Waals surface area contributed by atoms with Crippen molar-refractivity contribution in [1.82, 2.24) is 0 Å². The van der Waals surface area contributed by atoms with Gasteiger partial charge >= 0.3 is 0 Å². The van der Waals surface area contributed by atoms with E-state index in [9.17, 15) is 5.11 Å². The van der Waals surface area contributed by atoms with Gasteiger partial charge in [-0.05, 0) is 43.4 Å². The van der Waals surface area contributed by atoms with Gasteiger partial charge in [0, 0.05) is 5.56 Å². The van der Waals surface area contributed by atoms with Crippen LogP contribution in [0.5, 0.6) is 5.75 Å². The number of rotatable bonds is 7. The highest BCUT2D eigenvalue weighted by atomic mass is 16.5. The van der Waals surface area contributed by atoms with E-state index >= 15 is 0 Å². The molecule has 2 heteroatoms. The second kappa shape index (κ2) is 7.54. The molecule has 0 spiro atoms. The monoisotopic (exact) mass is 264 g/mol. The molecule has 19 heavy (non-hydrogen) atoms. The smallest absolute Gasteiger partial charge is 0.125 e. The number of benzene rings is 1. The Morgan fingerprint density at radius 2 is 1.89 bits per heavy atom. The van der Waals surface area contributed by atoms with Crippen molar-refractivity contribution in [1.29, 1.82) is 0 Å². The lowest BCUT2D eigenvalue weighted by Crippen LogP contribution is -2.14. The van der Waals surface area contributed by atoms with Crippen LogP contribution in [0.3, 0.4) is 0 Å². The predicted octanol–water partition coefficient (Wildman–Crippen LogP) is 4.56. The lowest BCUT2D eigenvalue weighted by atomic mass is 9.86. The van der Waals surface area contributed by atoms with Gasteiger partial charge in [0.15, 0.2) is 0 Å². The molecule has 1 N–H and O–H groups in total. The van der Waals surface area contributed by atoms with Gasteiger partial charge < -0.3 is 9.84 Å². The van der Waals surface area contributed by atoms with Crippen molar-refractivity contribution in [3.05, 3.63) is 28.8 Å². The van der Waals surface area contributed by atoms with Crippen LogP contribution in [-0.2, 0) is 0 Å². The number of aliphatic hydroxyl groups excluding tert-OH is 1. The van der Waals surface area contributed by atoms with Crippen molar-refractivity contribution >= 4 is 0 Å². The van der Waals surface area contributed by atoms with Crippen LogP contribution in [-0.4, -0.2) is 12.2 Å². The van der Waals surface area contributed by atoms with Gasteiger partial charge in [0.25, 0.3) is 0 Å². The summed E-state index contributed by atoms with van der Waals surface area (Å²) in [6, 6.07) is 4.13. The van der Waals surface area contributed by atoms with Gasteiger partial charge in [-0.2, -0.15) is 0 Å². The van der Waals surface area contributed by atoms with Crippen LogP contribution < -0.4 is 4.74 Å². The summed E-state index contributed by atoms with van der Waals surface area (Å²) >= 11 is 0. The maximum atomic E-state index is 10.7. The standard InChI is InChI=1S/C17H28O2/c1-6-8-9-14(7-2)17(18)16-13(4)10-12(3)11-15(16)19-5/h10-11,14,17-18H,6-9H2,1-5H3. The van der Waals surface area contributed by atoms with Crippen LogP contribution in [0.15, 0.2) is 12.1 Å². The molecule has 0 saturated carbocycles. The number of ether oxygens (including phenoxy) is 1. The van der Waals surface area contributed by atoms with E-state index in [1.54, 1.807) is 7.11 Å². The molecule has 0 aromatic heterocycles. The Kier molecular flexibility index (Phi) is 6.36. The Bertz CT molecular complexity index is 398. The third-order valence-corrected chi connectivity index (χ3v) is 3.91. The first-order valence-electron chi connectivity index (χ1n) is 7.38. The van der Waals surface area contributed by atoms with E-state index in [1.807, 2.05) is 6.07 Å². The summed E-state index contributed by atoms with van der Waals surface area (Å²) in [4.78, 5) is 0. The van der Waals surface area contributed by atoms with Crippen LogP contribution in [0.2, 0.25) is 0 Å². The van der Waals surface area contributed by atoms with Crippen molar-refractivity contribution in [2.45, 2.75) is 59.5 Å². The molecular weight excluding hydrogens is 236 g/mol. The minimum atomic E-state index is -0.424. The summed E-state index contributed by atoms with van der Waals surface area (Å²) in [6.45, 7) is 8.46. The molecule has 2 unspecified atom stereocenters. The second-order valence-corrected chi connectivity index (χ2v) is 5.45. The topological polar surface area (TPSA) is 29.5 Å². The molecule has 0 fully saturated rings. The lowest BCUT2D eigenvalue weighted by Gasteiger charge is -2.25. The molecule has 0 aliphatic rings. The molecule has 0 radical (unpaired) electrons. The summed E-state index contributed by atoms with van der Waals surface area (Å²) in [6.07, 6.45) is 3.99. The van der Waals surface area contributed by atoms with Gasteiger partial charge in [-0.15, -0.1) is 0 Å². The highest BCUT2D eigenvalue weighted by molar-refractivity contribution is 5.44. The zero-order valence-corrected chi connectivity index (χ0v) is 13.0. The van der Waals surface area contributed by atoms with Gasteiger partial charge in [0.05, 0.1) is 13.2 Å². The van der Waals surface area contributed by atoms with Crippen LogP contribution in [0.1, 0.15) is 62.3 Å². The molecule has 0 aliphatic heterocycles. The fourth-order valence-electron chi connectivity index (χ4n) is 2.77. The van der Waals surface area contributed by atoms with E-state index in [1.165, 1.54) is 18.4 Å². The number of aliphatic hydroxyl groups is 1.